The molecule has 1 aromatic rings. The number of alkyl halides is 22. The lowest BCUT2D eigenvalue weighted by Gasteiger charge is -2.42. The van der Waals surface area contributed by atoms with Crippen molar-refractivity contribution < 1.29 is 134 Å². The normalized spacial score (nSPS) is 27.0. The first-order chi connectivity index (χ1) is 33.2. The molecule has 424 valence electrons. The molecule has 10 unspecified atom stereocenters. The van der Waals surface area contributed by atoms with E-state index in [1.54, 1.807) is 0 Å². The lowest BCUT2D eigenvalue weighted by atomic mass is 9.78. The molecular weight excluding hydrogens is 1060 g/mol. The van der Waals surface area contributed by atoms with Gasteiger partial charge in [-0.05, 0) is 104 Å². The fourth-order valence-corrected chi connectivity index (χ4v) is 11.1. The predicted octanol–water partition coefficient (Wildman–Crippen LogP) is 13.8. The maximum atomic E-state index is 15.3. The van der Waals surface area contributed by atoms with Crippen molar-refractivity contribution in [2.24, 2.45) is 35.5 Å². The smallest absolute Gasteiger partial charge is 0.359 e. The van der Waals surface area contributed by atoms with Gasteiger partial charge in [-0.2, -0.15) is 92.2 Å². The predicted molar refractivity (Wildman–Crippen MR) is 203 cm³/mol. The number of methoxy groups -OCH3 is 2. The zero-order valence-electron chi connectivity index (χ0n) is 38.7. The summed E-state index contributed by atoms with van der Waals surface area (Å²) in [7, 11) is 1.59. The summed E-state index contributed by atoms with van der Waals surface area (Å²) in [6.07, 6.45) is -53.4. The van der Waals surface area contributed by atoms with Gasteiger partial charge in [-0.3, -0.25) is 0 Å². The Bertz CT molecular complexity index is 1940. The Hall–Kier alpha value is -2.64. The van der Waals surface area contributed by atoms with Crippen LogP contribution in [-0.2, 0) is 49.1 Å². The third-order valence-corrected chi connectivity index (χ3v) is 14.7. The average molecular weight is 1110 g/mol. The number of ether oxygens (including phenoxy) is 8. The van der Waals surface area contributed by atoms with Crippen LogP contribution >= 0.6 is 0 Å². The maximum absolute atomic E-state index is 15.3. The van der Waals surface area contributed by atoms with Gasteiger partial charge in [0.05, 0.1) is 12.2 Å². The molecule has 8 nitrogen and oxygen atoms in total. The summed E-state index contributed by atoms with van der Waals surface area (Å²) in [6.45, 7) is -4.76. The topological polar surface area (TPSA) is 73.8 Å². The number of hydrogen-bond acceptors (Lipinski definition) is 8. The van der Waals surface area contributed by atoms with Crippen LogP contribution in [0.3, 0.4) is 0 Å². The Morgan fingerprint density at radius 2 is 0.836 bits per heavy atom. The largest absolute Gasteiger partial charge is 0.448 e. The monoisotopic (exact) mass is 1110 g/mol. The quantitative estimate of drug-likeness (QED) is 0.0840. The SMILES string of the molecule is CCC(C)c1cc(C(OCOC2CC3CC(CC(F)(OCOC)C(F)(F)F)C2C3)(C(F)(F)F)C(F)(F)F)cc(C(OCOC2CC3CC(CC(OCOC)(C(F)(F)F)C(F)(F)F)C2C3)(C(F)(F)F)C(F)(F)F)c1. The van der Waals surface area contributed by atoms with Crippen molar-refractivity contribution in [2.45, 2.75) is 156 Å². The first-order valence-electron chi connectivity index (χ1n) is 22.3. The van der Waals surface area contributed by atoms with Gasteiger partial charge in [0.25, 0.3) is 16.8 Å². The molecule has 0 radical (unpaired) electrons. The minimum absolute atomic E-state index is 0.00805. The van der Waals surface area contributed by atoms with Crippen molar-refractivity contribution in [3.63, 3.8) is 0 Å². The summed E-state index contributed by atoms with van der Waals surface area (Å²) < 4.78 is 361. The van der Waals surface area contributed by atoms with Crippen LogP contribution in [0.5, 0.6) is 0 Å². The van der Waals surface area contributed by atoms with E-state index in [2.05, 4.69) is 28.4 Å². The molecule has 0 N–H and O–H groups in total. The minimum Gasteiger partial charge on any atom is -0.359 e. The summed E-state index contributed by atoms with van der Waals surface area (Å²) in [5, 5.41) is 0. The molecule has 0 amide bonds. The molecule has 4 fully saturated rings. The molecule has 0 heterocycles. The molecule has 10 atom stereocenters. The van der Waals surface area contributed by atoms with Crippen LogP contribution in [0.15, 0.2) is 18.2 Å². The highest BCUT2D eigenvalue weighted by atomic mass is 19.4. The fourth-order valence-electron chi connectivity index (χ4n) is 11.1. The number of benzene rings is 1. The van der Waals surface area contributed by atoms with Gasteiger partial charge in [0.1, 0.15) is 27.2 Å². The van der Waals surface area contributed by atoms with Crippen molar-refractivity contribution in [1.82, 2.24) is 0 Å². The molecule has 30 heteroatoms. The summed E-state index contributed by atoms with van der Waals surface area (Å²) in [6, 6.07) is -0.793. The van der Waals surface area contributed by atoms with Crippen molar-refractivity contribution in [3.8, 4) is 0 Å². The summed E-state index contributed by atoms with van der Waals surface area (Å²) in [5.74, 6) is -12.6. The van der Waals surface area contributed by atoms with Crippen molar-refractivity contribution >= 4 is 0 Å². The summed E-state index contributed by atoms with van der Waals surface area (Å²) >= 11 is 0. The van der Waals surface area contributed by atoms with Gasteiger partial charge in [-0.1, -0.05) is 26.0 Å². The maximum Gasteiger partial charge on any atom is 0.448 e. The molecule has 4 bridgehead atoms. The van der Waals surface area contributed by atoms with Gasteiger partial charge < -0.3 is 37.9 Å². The van der Waals surface area contributed by atoms with Crippen molar-refractivity contribution in [2.75, 3.05) is 41.4 Å². The Labute approximate surface area is 401 Å². The first-order valence-corrected chi connectivity index (χ1v) is 22.3. The van der Waals surface area contributed by atoms with Crippen LogP contribution < -0.4 is 0 Å². The first kappa shape index (κ1) is 61.2. The second kappa shape index (κ2) is 21.3. The number of hydrogen-bond donors (Lipinski definition) is 0. The molecule has 4 aliphatic rings. The highest BCUT2D eigenvalue weighted by molar-refractivity contribution is 5.42. The van der Waals surface area contributed by atoms with Crippen LogP contribution in [0.1, 0.15) is 94.2 Å². The molecule has 0 aromatic heterocycles. The summed E-state index contributed by atoms with van der Waals surface area (Å²) in [4.78, 5) is 0. The Balaban J connectivity index is 1.50. The zero-order chi connectivity index (χ0) is 55.4. The molecule has 5 rings (SSSR count). The van der Waals surface area contributed by atoms with Crippen LogP contribution in [0.25, 0.3) is 0 Å². The highest BCUT2D eigenvalue weighted by Crippen LogP contribution is 2.61. The van der Waals surface area contributed by atoms with Crippen LogP contribution in [-0.4, -0.2) is 108 Å². The fraction of sp³-hybridized carbons (Fsp3) is 0.860. The summed E-state index contributed by atoms with van der Waals surface area (Å²) in [5.41, 5.74) is -22.4. The molecule has 4 aliphatic carbocycles. The van der Waals surface area contributed by atoms with E-state index in [4.69, 9.17) is 9.47 Å². The molecular formula is C43H50F22O8. The van der Waals surface area contributed by atoms with Crippen LogP contribution in [0, 0.1) is 35.5 Å². The standard InChI is InChI=1S/C43H50F22O8/c1-5-21(2)24-12-27(35(40(54,55)56,41(57,58)59)72-19-68-31-10-22-6-25(29(31)8-22)15-33(37(45,46)47,38(48,49)50)70-17-66-3)14-28(13-24)36(42(60,61)62,43(63,64)65)73-20-69-32-11-23-7-26(30(32)9-23)16-34(44,39(51,52)53)71-18-67-4/h12-14,21-23,25-26,29-32H,5-11,15-20H2,1-4H3. The molecule has 0 aliphatic heterocycles. The van der Waals surface area contributed by atoms with Crippen LogP contribution in [0.4, 0.5) is 96.6 Å². The average Bonchev–Trinajstić information content (AvgIpc) is 4.03. The van der Waals surface area contributed by atoms with E-state index >= 15 is 57.1 Å². The van der Waals surface area contributed by atoms with Gasteiger partial charge in [-0.25, -0.2) is 4.39 Å². The Morgan fingerprint density at radius 3 is 1.16 bits per heavy atom. The van der Waals surface area contributed by atoms with Gasteiger partial charge in [0.15, 0.2) is 0 Å². The number of rotatable bonds is 22. The van der Waals surface area contributed by atoms with E-state index in [1.807, 2.05) is 0 Å². The number of halogens is 22. The van der Waals surface area contributed by atoms with Crippen molar-refractivity contribution in [3.05, 3.63) is 34.9 Å². The molecule has 1 aromatic carbocycles. The third kappa shape index (κ3) is 11.6. The molecule has 4 saturated carbocycles. The van der Waals surface area contributed by atoms with Gasteiger partial charge in [0, 0.05) is 31.8 Å². The van der Waals surface area contributed by atoms with Gasteiger partial charge in [-0.15, -0.1) is 0 Å². The molecule has 0 saturated heterocycles. The lowest BCUT2D eigenvalue weighted by molar-refractivity contribution is -0.406. The highest BCUT2D eigenvalue weighted by Gasteiger charge is 2.77. The Morgan fingerprint density at radius 1 is 0.452 bits per heavy atom. The van der Waals surface area contributed by atoms with E-state index in [-0.39, 0.29) is 57.1 Å². The second-order valence-corrected chi connectivity index (χ2v) is 19.0. The minimum atomic E-state index is -6.85. The molecule has 73 heavy (non-hydrogen) atoms. The number of fused-ring (bicyclic) bond motifs is 4. The van der Waals surface area contributed by atoms with Gasteiger partial charge >= 0.3 is 49.1 Å². The van der Waals surface area contributed by atoms with E-state index in [9.17, 15) is 39.5 Å². The van der Waals surface area contributed by atoms with E-state index < -0.39 is 182 Å². The van der Waals surface area contributed by atoms with Crippen LogP contribution in [0.2, 0.25) is 0 Å². The van der Waals surface area contributed by atoms with Gasteiger partial charge in [0.2, 0.25) is 0 Å². The lowest BCUT2D eigenvalue weighted by Crippen LogP contribution is -2.60. The van der Waals surface area contributed by atoms with E-state index in [0.29, 0.717) is 7.11 Å². The molecule has 0 spiro atoms. The van der Waals surface area contributed by atoms with E-state index in [0.717, 1.165) is 14.0 Å². The second-order valence-electron chi connectivity index (χ2n) is 19.0. The Kier molecular flexibility index (Phi) is 17.9. The zero-order valence-corrected chi connectivity index (χ0v) is 38.7. The van der Waals surface area contributed by atoms with E-state index in [1.165, 1.54) is 6.92 Å². The van der Waals surface area contributed by atoms with Crippen molar-refractivity contribution in [1.29, 1.82) is 0 Å². The third-order valence-electron chi connectivity index (χ3n) is 14.7.